The summed E-state index contributed by atoms with van der Waals surface area (Å²) in [5.41, 5.74) is 8.13. The van der Waals surface area contributed by atoms with E-state index in [0.29, 0.717) is 12.6 Å². The third kappa shape index (κ3) is 7.37. The van der Waals surface area contributed by atoms with Gasteiger partial charge in [-0.3, -0.25) is 20.4 Å². The molecule has 4 fully saturated rings. The second kappa shape index (κ2) is 17.5. The van der Waals surface area contributed by atoms with Gasteiger partial charge in [0.15, 0.2) is 0 Å². The van der Waals surface area contributed by atoms with Crippen LogP contribution in [0.25, 0.3) is 44.7 Å². The molecule has 336 valence electrons. The van der Waals surface area contributed by atoms with Crippen LogP contribution in [0, 0.1) is 5.92 Å². The average molecular weight is 868 g/mol. The number of imidazole rings is 2. The van der Waals surface area contributed by atoms with Crippen molar-refractivity contribution < 1.29 is 24.4 Å². The number of likely N-dealkylation sites (tertiary alicyclic amines) is 1. The van der Waals surface area contributed by atoms with Crippen molar-refractivity contribution in [2.45, 2.75) is 120 Å². The number of aromatic nitrogens is 5. The van der Waals surface area contributed by atoms with Crippen LogP contribution in [0.4, 0.5) is 0 Å². The van der Waals surface area contributed by atoms with Crippen LogP contribution in [0.5, 0.6) is 5.75 Å². The maximum absolute atomic E-state index is 11.9. The molecule has 6 N–H and O–H groups in total. The van der Waals surface area contributed by atoms with Gasteiger partial charge < -0.3 is 39.0 Å². The number of nitrogens with one attached hydrogen (secondary N) is 4. The molecule has 64 heavy (non-hydrogen) atoms. The Balaban J connectivity index is 0.883. The quantitative estimate of drug-likeness (QED) is 0.0680. The molecule has 3 saturated heterocycles. The molecule has 3 aromatic heterocycles. The van der Waals surface area contributed by atoms with Gasteiger partial charge in [-0.05, 0) is 81.7 Å². The molecule has 14 heteroatoms. The first-order chi connectivity index (χ1) is 31.4. The molecule has 1 saturated carbocycles. The largest absolute Gasteiger partial charge is 0.465 e. The van der Waals surface area contributed by atoms with Crippen molar-refractivity contribution in [2.24, 2.45) is 5.92 Å². The summed E-state index contributed by atoms with van der Waals surface area (Å²) in [6.45, 7) is 3.24. The summed E-state index contributed by atoms with van der Waals surface area (Å²) in [6, 6.07) is 25.5. The fourth-order valence-electron chi connectivity index (χ4n) is 11.7. The Morgan fingerprint density at radius 3 is 2.36 bits per heavy atom. The predicted octanol–water partition coefficient (Wildman–Crippen LogP) is 7.41. The SMILES string of the molecule is COCNC(C1CCCCC1)C(O)N1CCCC1c1ncc(-c2ccc3c(c2)cc2n3C(c3ccccc3)Oc3cc(-c4cnc(C5CCC6C(OC)NC(C)C(O)N56)[nH]4)ccc3-2)[nH]1. The number of fused-ring (bicyclic) bond motifs is 6. The Bertz CT molecular complexity index is 2570. The van der Waals surface area contributed by atoms with Crippen molar-refractivity contribution in [1.82, 2.24) is 44.9 Å². The van der Waals surface area contributed by atoms with E-state index in [1.54, 1.807) is 14.2 Å². The van der Waals surface area contributed by atoms with Crippen molar-refractivity contribution in [3.05, 3.63) is 102 Å². The topological polar surface area (TPSA) is 161 Å². The standard InChI is InChI=1S/C50H61N9O5/c1-29-48(60)58-40(20-21-41(58)47(54-29)63-3)46-52-27-37(56-46)33-16-18-35-42-24-34-23-32(17-19-38(34)59(42)50(64-43(35)25-33)31-13-8-5-9-14-31)36-26-51-45(55-36)39-15-10-22-57(39)49(61)44(53-28-62-2)30-11-6-4-7-12-30/h5,8-9,13-14,16-19,23-27,29-30,39-41,44,47-50,53-54,60-61H,4,6-7,10-12,15,20-22,28H2,1-3H3,(H,51,55)(H,52,56). The minimum absolute atomic E-state index is 0.00545. The fraction of sp³-hybridized carbons (Fsp3) is 0.480. The van der Waals surface area contributed by atoms with Crippen molar-refractivity contribution in [3.63, 3.8) is 0 Å². The Hall–Kier alpha value is -4.90. The number of hydrogen-bond acceptors (Lipinski definition) is 11. The number of methoxy groups -OCH3 is 2. The molecular weight excluding hydrogens is 807 g/mol. The third-order valence-electron chi connectivity index (χ3n) is 14.9. The van der Waals surface area contributed by atoms with Crippen LogP contribution in [-0.2, 0) is 9.47 Å². The summed E-state index contributed by atoms with van der Waals surface area (Å²) in [7, 11) is 3.42. The average Bonchev–Trinajstić information content (AvgIpc) is 4.20. The molecular formula is C50H61N9O5. The van der Waals surface area contributed by atoms with Crippen molar-refractivity contribution >= 4 is 10.9 Å². The number of rotatable bonds is 12. The first kappa shape index (κ1) is 41.8. The van der Waals surface area contributed by atoms with Gasteiger partial charge >= 0.3 is 0 Å². The van der Waals surface area contributed by atoms with E-state index in [-0.39, 0.29) is 42.7 Å². The number of nitrogens with zero attached hydrogens (tertiary/aromatic N) is 5. The van der Waals surface area contributed by atoms with Gasteiger partial charge in [-0.1, -0.05) is 61.7 Å². The van der Waals surface area contributed by atoms with E-state index in [0.717, 1.165) is 113 Å². The normalized spacial score (nSPS) is 27.3. The van der Waals surface area contributed by atoms with Gasteiger partial charge in [0, 0.05) is 54.4 Å². The summed E-state index contributed by atoms with van der Waals surface area (Å²) < 4.78 is 20.5. The number of benzene rings is 3. The van der Waals surface area contributed by atoms with E-state index in [2.05, 4.69) is 102 Å². The molecule has 9 unspecified atom stereocenters. The summed E-state index contributed by atoms with van der Waals surface area (Å²) in [5, 5.41) is 31.2. The van der Waals surface area contributed by atoms with E-state index in [4.69, 9.17) is 24.2 Å². The lowest BCUT2D eigenvalue weighted by Crippen LogP contribution is -2.65. The van der Waals surface area contributed by atoms with Crippen LogP contribution in [0.1, 0.15) is 100 Å². The Morgan fingerprint density at radius 1 is 0.844 bits per heavy atom. The highest BCUT2D eigenvalue weighted by atomic mass is 16.5. The lowest BCUT2D eigenvalue weighted by atomic mass is 9.83. The molecule has 1 aliphatic carbocycles. The van der Waals surface area contributed by atoms with Crippen LogP contribution >= 0.6 is 0 Å². The van der Waals surface area contributed by atoms with E-state index in [1.165, 1.54) is 19.3 Å². The molecule has 6 aromatic rings. The number of hydrogen-bond donors (Lipinski definition) is 6. The minimum atomic E-state index is -0.638. The zero-order valence-electron chi connectivity index (χ0n) is 37.0. The second-order valence-electron chi connectivity index (χ2n) is 18.6. The highest BCUT2D eigenvalue weighted by Crippen LogP contribution is 2.47. The Morgan fingerprint density at radius 2 is 1.59 bits per heavy atom. The number of ether oxygens (including phenoxy) is 3. The Kier molecular flexibility index (Phi) is 11.4. The minimum Gasteiger partial charge on any atom is -0.465 e. The van der Waals surface area contributed by atoms with E-state index in [1.807, 2.05) is 25.4 Å². The number of aliphatic hydroxyl groups excluding tert-OH is 2. The molecule has 0 radical (unpaired) electrons. The summed E-state index contributed by atoms with van der Waals surface area (Å²) in [4.78, 5) is 21.5. The molecule has 11 rings (SSSR count). The Labute approximate surface area is 374 Å². The van der Waals surface area contributed by atoms with E-state index >= 15 is 0 Å². The van der Waals surface area contributed by atoms with Crippen molar-refractivity contribution in [1.29, 1.82) is 0 Å². The maximum Gasteiger partial charge on any atom is 0.203 e. The van der Waals surface area contributed by atoms with Crippen molar-refractivity contribution in [3.8, 4) is 39.5 Å². The van der Waals surface area contributed by atoms with E-state index in [9.17, 15) is 10.2 Å². The number of H-pyrrole nitrogens is 2. The number of aromatic amines is 2. The highest BCUT2D eigenvalue weighted by molar-refractivity contribution is 5.92. The van der Waals surface area contributed by atoms with Crippen LogP contribution in [-0.4, -0.2) is 109 Å². The molecule has 0 amide bonds. The number of piperazine rings is 1. The second-order valence-corrected chi connectivity index (χ2v) is 18.6. The van der Waals surface area contributed by atoms with Crippen LogP contribution in [0.2, 0.25) is 0 Å². The molecule has 3 aromatic carbocycles. The zero-order valence-corrected chi connectivity index (χ0v) is 37.0. The molecule has 9 atom stereocenters. The van der Waals surface area contributed by atoms with Gasteiger partial charge in [0.1, 0.15) is 36.1 Å². The van der Waals surface area contributed by atoms with Crippen LogP contribution < -0.4 is 15.4 Å². The summed E-state index contributed by atoms with van der Waals surface area (Å²) >= 11 is 0. The number of aliphatic hydroxyl groups is 2. The van der Waals surface area contributed by atoms with Crippen LogP contribution in [0.3, 0.4) is 0 Å². The third-order valence-corrected chi connectivity index (χ3v) is 14.9. The first-order valence-electron chi connectivity index (χ1n) is 23.4. The van der Waals surface area contributed by atoms with Gasteiger partial charge in [0.05, 0.1) is 65.9 Å². The van der Waals surface area contributed by atoms with E-state index < -0.39 is 12.5 Å². The zero-order chi connectivity index (χ0) is 43.5. The monoisotopic (exact) mass is 867 g/mol. The highest BCUT2D eigenvalue weighted by Gasteiger charge is 2.49. The molecule has 14 nitrogen and oxygen atoms in total. The van der Waals surface area contributed by atoms with Gasteiger partial charge in [-0.2, -0.15) is 0 Å². The van der Waals surface area contributed by atoms with Gasteiger partial charge in [0.25, 0.3) is 0 Å². The summed E-state index contributed by atoms with van der Waals surface area (Å²) in [6.07, 6.45) is 11.7. The first-order valence-corrected chi connectivity index (χ1v) is 23.4. The molecule has 4 aliphatic heterocycles. The lowest BCUT2D eigenvalue weighted by molar-refractivity contribution is -0.138. The van der Waals surface area contributed by atoms with Gasteiger partial charge in [-0.25, -0.2) is 9.97 Å². The fourth-order valence-corrected chi connectivity index (χ4v) is 11.7. The van der Waals surface area contributed by atoms with Crippen LogP contribution in [0.15, 0.2) is 85.2 Å². The van der Waals surface area contributed by atoms with Gasteiger partial charge in [0.2, 0.25) is 6.23 Å². The van der Waals surface area contributed by atoms with Crippen molar-refractivity contribution in [2.75, 3.05) is 27.5 Å². The molecule has 0 spiro atoms. The van der Waals surface area contributed by atoms with Gasteiger partial charge in [-0.15, -0.1) is 0 Å². The maximum atomic E-state index is 11.9. The lowest BCUT2D eigenvalue weighted by Gasteiger charge is -2.45. The molecule has 7 heterocycles. The summed E-state index contributed by atoms with van der Waals surface area (Å²) in [5.74, 6) is 2.97. The molecule has 5 aliphatic rings. The smallest absolute Gasteiger partial charge is 0.203 e. The molecule has 0 bridgehead atoms. The predicted molar refractivity (Wildman–Crippen MR) is 245 cm³/mol.